The van der Waals surface area contributed by atoms with Gasteiger partial charge in [-0.15, -0.1) is 0 Å². The topological polar surface area (TPSA) is 65.4 Å². The molecule has 1 aromatic heterocycles. The van der Waals surface area contributed by atoms with E-state index in [1.54, 1.807) is 13.3 Å². The molecule has 21 heavy (non-hydrogen) atoms. The predicted octanol–water partition coefficient (Wildman–Crippen LogP) is 3.31. The van der Waals surface area contributed by atoms with Crippen molar-refractivity contribution in [2.45, 2.75) is 26.2 Å². The molecule has 0 aliphatic heterocycles. The van der Waals surface area contributed by atoms with Crippen LogP contribution < -0.4 is 5.01 Å². The van der Waals surface area contributed by atoms with Crippen LogP contribution in [0, 0.1) is 11.3 Å². The summed E-state index contributed by atoms with van der Waals surface area (Å²) in [4.78, 5) is 4.23. The van der Waals surface area contributed by atoms with Gasteiger partial charge in [0.05, 0.1) is 6.21 Å². The van der Waals surface area contributed by atoms with Crippen molar-refractivity contribution in [3.8, 4) is 6.07 Å². The Bertz CT molecular complexity index is 675. The number of oxazole rings is 1. The third-order valence-electron chi connectivity index (χ3n) is 2.83. The maximum absolute atomic E-state index is 9.18. The van der Waals surface area contributed by atoms with Gasteiger partial charge < -0.3 is 4.42 Å². The summed E-state index contributed by atoms with van der Waals surface area (Å²) in [6, 6.07) is 11.8. The van der Waals surface area contributed by atoms with Crippen LogP contribution in [-0.2, 0) is 5.41 Å². The maximum Gasteiger partial charge on any atom is 0.254 e. The number of aromatic nitrogens is 1. The van der Waals surface area contributed by atoms with Crippen LogP contribution in [0.1, 0.15) is 37.9 Å². The molecule has 0 unspecified atom stereocenters. The van der Waals surface area contributed by atoms with Crippen LogP contribution >= 0.6 is 0 Å². The lowest BCUT2D eigenvalue weighted by atomic mass is 9.97. The summed E-state index contributed by atoms with van der Waals surface area (Å²) in [7, 11) is 1.73. The van der Waals surface area contributed by atoms with Crippen molar-refractivity contribution in [2.75, 3.05) is 12.1 Å². The standard InChI is InChI=1S/C16H18N4O/c1-16(2,3)15-19-13(10-17)14(21-15)20(4)18-11-12-8-6-5-7-9-12/h5-9,11H,1-4H3. The van der Waals surface area contributed by atoms with E-state index in [1.165, 1.54) is 5.01 Å². The highest BCUT2D eigenvalue weighted by molar-refractivity contribution is 5.80. The minimum atomic E-state index is -0.256. The number of nitrogens with zero attached hydrogens (tertiary/aromatic N) is 4. The fourth-order valence-electron chi connectivity index (χ4n) is 1.67. The van der Waals surface area contributed by atoms with Crippen molar-refractivity contribution in [1.29, 1.82) is 5.26 Å². The van der Waals surface area contributed by atoms with E-state index < -0.39 is 0 Å². The molecule has 0 aliphatic rings. The molecule has 0 N–H and O–H groups in total. The minimum Gasteiger partial charge on any atom is -0.421 e. The average Bonchev–Trinajstić information content (AvgIpc) is 2.90. The van der Waals surface area contributed by atoms with E-state index in [0.29, 0.717) is 11.8 Å². The molecule has 0 spiro atoms. The second-order valence-electron chi connectivity index (χ2n) is 5.71. The summed E-state index contributed by atoms with van der Waals surface area (Å²) in [6.07, 6.45) is 1.71. The first-order valence-electron chi connectivity index (χ1n) is 6.66. The molecule has 0 radical (unpaired) electrons. The first kappa shape index (κ1) is 14.8. The predicted molar refractivity (Wildman–Crippen MR) is 82.4 cm³/mol. The molecule has 5 heteroatoms. The lowest BCUT2D eigenvalue weighted by Gasteiger charge is -2.13. The molecule has 0 atom stereocenters. The van der Waals surface area contributed by atoms with E-state index in [0.717, 1.165) is 5.56 Å². The zero-order chi connectivity index (χ0) is 15.5. The normalized spacial score (nSPS) is 11.6. The lowest BCUT2D eigenvalue weighted by Crippen LogP contribution is -2.11. The number of nitriles is 1. The van der Waals surface area contributed by atoms with Gasteiger partial charge in [-0.2, -0.15) is 15.3 Å². The van der Waals surface area contributed by atoms with Crippen molar-refractivity contribution < 1.29 is 4.42 Å². The molecule has 2 rings (SSSR count). The molecule has 0 bridgehead atoms. The van der Waals surface area contributed by atoms with Crippen LogP contribution in [0.4, 0.5) is 5.88 Å². The summed E-state index contributed by atoms with van der Waals surface area (Å²) in [5.41, 5.74) is 0.958. The minimum absolute atomic E-state index is 0.243. The Morgan fingerprint density at radius 3 is 2.52 bits per heavy atom. The Labute approximate surface area is 124 Å². The molecular formula is C16H18N4O. The molecule has 0 saturated carbocycles. The van der Waals surface area contributed by atoms with E-state index >= 15 is 0 Å². The summed E-state index contributed by atoms with van der Waals surface area (Å²) in [6.45, 7) is 5.95. The highest BCUT2D eigenvalue weighted by Crippen LogP contribution is 2.28. The number of hydrogen-bond donors (Lipinski definition) is 0. The van der Waals surface area contributed by atoms with Crippen molar-refractivity contribution in [3.63, 3.8) is 0 Å². The van der Waals surface area contributed by atoms with Crippen LogP contribution in [0.2, 0.25) is 0 Å². The first-order chi connectivity index (χ1) is 9.91. The molecule has 108 valence electrons. The third-order valence-corrected chi connectivity index (χ3v) is 2.83. The Hall–Kier alpha value is -2.61. The van der Waals surface area contributed by atoms with Crippen molar-refractivity contribution in [3.05, 3.63) is 47.5 Å². The van der Waals surface area contributed by atoms with Gasteiger partial charge in [0.25, 0.3) is 5.88 Å². The van der Waals surface area contributed by atoms with Crippen molar-refractivity contribution in [1.82, 2.24) is 4.98 Å². The Kier molecular flexibility index (Phi) is 4.08. The molecule has 0 saturated heterocycles. The summed E-state index contributed by atoms with van der Waals surface area (Å²) >= 11 is 0. The largest absolute Gasteiger partial charge is 0.421 e. The smallest absolute Gasteiger partial charge is 0.254 e. The van der Waals surface area contributed by atoms with Gasteiger partial charge in [0, 0.05) is 12.5 Å². The molecule has 2 aromatic rings. The molecule has 0 amide bonds. The summed E-state index contributed by atoms with van der Waals surface area (Å²) < 4.78 is 5.70. The van der Waals surface area contributed by atoms with Gasteiger partial charge >= 0.3 is 0 Å². The number of rotatable bonds is 3. The van der Waals surface area contributed by atoms with Gasteiger partial charge in [-0.05, 0) is 5.56 Å². The van der Waals surface area contributed by atoms with E-state index in [1.807, 2.05) is 57.2 Å². The number of anilines is 1. The Balaban J connectivity index is 2.27. The molecule has 1 aromatic carbocycles. The number of hydrogen-bond acceptors (Lipinski definition) is 5. The quantitative estimate of drug-likeness (QED) is 0.640. The van der Waals surface area contributed by atoms with E-state index in [4.69, 9.17) is 4.42 Å². The van der Waals surface area contributed by atoms with Crippen LogP contribution in [0.25, 0.3) is 0 Å². The average molecular weight is 282 g/mol. The number of benzene rings is 1. The fraction of sp³-hybridized carbons (Fsp3) is 0.312. The molecule has 0 fully saturated rings. The van der Waals surface area contributed by atoms with Crippen LogP contribution in [0.5, 0.6) is 0 Å². The zero-order valence-corrected chi connectivity index (χ0v) is 12.7. The van der Waals surface area contributed by atoms with Gasteiger partial charge in [-0.3, -0.25) is 0 Å². The summed E-state index contributed by atoms with van der Waals surface area (Å²) in [5, 5.41) is 15.0. The third kappa shape index (κ3) is 3.48. The molecule has 0 aliphatic carbocycles. The van der Waals surface area contributed by atoms with Gasteiger partial charge in [-0.1, -0.05) is 51.1 Å². The van der Waals surface area contributed by atoms with Crippen molar-refractivity contribution in [2.24, 2.45) is 5.10 Å². The monoisotopic (exact) mass is 282 g/mol. The molecular weight excluding hydrogens is 264 g/mol. The second-order valence-corrected chi connectivity index (χ2v) is 5.71. The number of hydrazone groups is 1. The van der Waals surface area contributed by atoms with E-state index in [2.05, 4.69) is 10.1 Å². The van der Waals surface area contributed by atoms with E-state index in [9.17, 15) is 5.26 Å². The molecule has 1 heterocycles. The van der Waals surface area contributed by atoms with Gasteiger partial charge in [0.2, 0.25) is 11.6 Å². The van der Waals surface area contributed by atoms with Gasteiger partial charge in [0.1, 0.15) is 6.07 Å². The lowest BCUT2D eigenvalue weighted by molar-refractivity contribution is 0.394. The maximum atomic E-state index is 9.18. The van der Waals surface area contributed by atoms with Gasteiger partial charge in [0.15, 0.2) is 0 Å². The summed E-state index contributed by atoms with van der Waals surface area (Å²) in [5.74, 6) is 0.880. The highest BCUT2D eigenvalue weighted by Gasteiger charge is 2.25. The first-order valence-corrected chi connectivity index (χ1v) is 6.66. The molecule has 5 nitrogen and oxygen atoms in total. The second kappa shape index (κ2) is 5.80. The van der Waals surface area contributed by atoms with Crippen LogP contribution in [0.3, 0.4) is 0 Å². The Morgan fingerprint density at radius 1 is 1.29 bits per heavy atom. The van der Waals surface area contributed by atoms with Crippen LogP contribution in [-0.4, -0.2) is 18.2 Å². The van der Waals surface area contributed by atoms with E-state index in [-0.39, 0.29) is 11.1 Å². The van der Waals surface area contributed by atoms with Crippen LogP contribution in [0.15, 0.2) is 39.9 Å². The van der Waals surface area contributed by atoms with Gasteiger partial charge in [-0.25, -0.2) is 5.01 Å². The zero-order valence-electron chi connectivity index (χ0n) is 12.7. The fourth-order valence-corrected chi connectivity index (χ4v) is 1.67. The van der Waals surface area contributed by atoms with Crippen molar-refractivity contribution >= 4 is 12.1 Å². The SMILES string of the molecule is CN(N=Cc1ccccc1)c1oc(C(C)(C)C)nc1C#N. The Morgan fingerprint density at radius 2 is 1.95 bits per heavy atom. The highest BCUT2D eigenvalue weighted by atomic mass is 16.4.